The molecule has 10 aromatic carbocycles. The predicted molar refractivity (Wildman–Crippen MR) is 235 cm³/mol. The molecular formula is C54H37N. The van der Waals surface area contributed by atoms with Gasteiger partial charge in [0.1, 0.15) is 0 Å². The molecule has 0 aliphatic carbocycles. The van der Waals surface area contributed by atoms with Crippen LogP contribution in [-0.2, 0) is 0 Å². The number of rotatable bonds is 7. The summed E-state index contributed by atoms with van der Waals surface area (Å²) < 4.78 is 0. The summed E-state index contributed by atoms with van der Waals surface area (Å²) in [5.41, 5.74) is 13.0. The van der Waals surface area contributed by atoms with Crippen LogP contribution in [0.25, 0.3) is 76.8 Å². The Morgan fingerprint density at radius 2 is 0.673 bits per heavy atom. The van der Waals surface area contributed by atoms with Gasteiger partial charge in [-0.25, -0.2) is 0 Å². The molecule has 0 aliphatic rings. The van der Waals surface area contributed by atoms with Gasteiger partial charge in [-0.05, 0) is 119 Å². The van der Waals surface area contributed by atoms with Crippen molar-refractivity contribution >= 4 is 49.4 Å². The molecule has 0 aliphatic heterocycles. The second kappa shape index (κ2) is 14.0. The molecule has 55 heavy (non-hydrogen) atoms. The summed E-state index contributed by atoms with van der Waals surface area (Å²) in [5, 5.41) is 7.69. The molecule has 0 radical (unpaired) electrons. The number of hydrogen-bond acceptors (Lipinski definition) is 1. The molecule has 0 heterocycles. The van der Waals surface area contributed by atoms with E-state index in [0.717, 1.165) is 17.1 Å². The van der Waals surface area contributed by atoms with Crippen molar-refractivity contribution in [1.29, 1.82) is 0 Å². The molecule has 0 unspecified atom stereocenters. The molecule has 0 aromatic heterocycles. The van der Waals surface area contributed by atoms with E-state index in [0.29, 0.717) is 0 Å². The Morgan fingerprint density at radius 3 is 1.31 bits per heavy atom. The third-order valence-electron chi connectivity index (χ3n) is 10.9. The number of fused-ring (bicyclic) bond motifs is 5. The molecule has 0 fully saturated rings. The van der Waals surface area contributed by atoms with Crippen molar-refractivity contribution in [3.05, 3.63) is 224 Å². The summed E-state index contributed by atoms with van der Waals surface area (Å²) in [6.07, 6.45) is 0. The van der Waals surface area contributed by atoms with Crippen LogP contribution in [0.5, 0.6) is 0 Å². The van der Waals surface area contributed by atoms with Gasteiger partial charge in [-0.1, -0.05) is 182 Å². The van der Waals surface area contributed by atoms with E-state index in [-0.39, 0.29) is 0 Å². The summed E-state index contributed by atoms with van der Waals surface area (Å²) in [6.45, 7) is 0. The molecule has 1 nitrogen and oxygen atoms in total. The molecule has 0 saturated heterocycles. The molecule has 1 heteroatoms. The highest BCUT2D eigenvalue weighted by Crippen LogP contribution is 2.41. The Balaban J connectivity index is 1.04. The van der Waals surface area contributed by atoms with Crippen molar-refractivity contribution < 1.29 is 0 Å². The van der Waals surface area contributed by atoms with Crippen molar-refractivity contribution in [2.24, 2.45) is 0 Å². The highest BCUT2D eigenvalue weighted by Gasteiger charge is 2.15. The Kier molecular flexibility index (Phi) is 8.24. The molecule has 258 valence electrons. The first-order chi connectivity index (χ1) is 27.3. The summed E-state index contributed by atoms with van der Waals surface area (Å²) in [5.74, 6) is 0. The molecule has 0 atom stereocenters. The average molecular weight is 700 g/mol. The monoisotopic (exact) mass is 699 g/mol. The van der Waals surface area contributed by atoms with E-state index in [1.807, 2.05) is 0 Å². The van der Waals surface area contributed by atoms with Gasteiger partial charge in [0.25, 0.3) is 0 Å². The average Bonchev–Trinajstić information content (AvgIpc) is 3.27. The van der Waals surface area contributed by atoms with Crippen LogP contribution in [-0.4, -0.2) is 0 Å². The quantitative estimate of drug-likeness (QED) is 0.150. The van der Waals surface area contributed by atoms with E-state index in [4.69, 9.17) is 0 Å². The van der Waals surface area contributed by atoms with Crippen molar-refractivity contribution in [3.63, 3.8) is 0 Å². The second-order valence-electron chi connectivity index (χ2n) is 14.1. The van der Waals surface area contributed by atoms with Gasteiger partial charge in [0.2, 0.25) is 0 Å². The van der Waals surface area contributed by atoms with E-state index in [1.54, 1.807) is 0 Å². The molecule has 0 amide bonds. The first-order valence-corrected chi connectivity index (χ1v) is 18.9. The fraction of sp³-hybridized carbons (Fsp3) is 0. The highest BCUT2D eigenvalue weighted by molar-refractivity contribution is 6.21. The minimum atomic E-state index is 1.11. The van der Waals surface area contributed by atoms with Crippen LogP contribution in [0.15, 0.2) is 224 Å². The van der Waals surface area contributed by atoms with Gasteiger partial charge in [0.15, 0.2) is 0 Å². The normalized spacial score (nSPS) is 11.3. The molecule has 0 saturated carbocycles. The van der Waals surface area contributed by atoms with Gasteiger partial charge in [0, 0.05) is 17.1 Å². The first kappa shape index (κ1) is 32.4. The van der Waals surface area contributed by atoms with Gasteiger partial charge in [0.05, 0.1) is 0 Å². The Labute approximate surface area is 322 Å². The van der Waals surface area contributed by atoms with Crippen LogP contribution >= 0.6 is 0 Å². The number of nitrogens with zero attached hydrogens (tertiary/aromatic N) is 1. The van der Waals surface area contributed by atoms with Crippen LogP contribution < -0.4 is 4.90 Å². The largest absolute Gasteiger partial charge is 0.310 e. The van der Waals surface area contributed by atoms with E-state index in [9.17, 15) is 0 Å². The van der Waals surface area contributed by atoms with Crippen molar-refractivity contribution in [2.75, 3.05) is 4.90 Å². The van der Waals surface area contributed by atoms with Crippen LogP contribution in [0.2, 0.25) is 0 Å². The zero-order valence-corrected chi connectivity index (χ0v) is 30.3. The fourth-order valence-corrected chi connectivity index (χ4v) is 8.08. The number of hydrogen-bond donors (Lipinski definition) is 0. The fourth-order valence-electron chi connectivity index (χ4n) is 8.08. The highest BCUT2D eigenvalue weighted by atomic mass is 15.1. The maximum absolute atomic E-state index is 2.39. The van der Waals surface area contributed by atoms with E-state index >= 15 is 0 Å². The third kappa shape index (κ3) is 6.12. The summed E-state index contributed by atoms with van der Waals surface area (Å²) >= 11 is 0. The zero-order chi connectivity index (χ0) is 36.6. The number of anilines is 3. The maximum Gasteiger partial charge on any atom is 0.0467 e. The van der Waals surface area contributed by atoms with Crippen LogP contribution in [0.4, 0.5) is 17.1 Å². The lowest BCUT2D eigenvalue weighted by Gasteiger charge is -2.26. The summed E-state index contributed by atoms with van der Waals surface area (Å²) in [6, 6.07) is 81.3. The standard InChI is InChI=1S/C54H37N/c1-3-12-38(13-4-1)40-26-31-46(32-27-40)55(47-33-28-41(29-34-47)39-14-5-2-6-15-39)48-18-11-17-45(36-48)42-22-24-44(25-23-42)53-37-54-49-19-8-7-16-43(49)30-35-52(54)50-20-9-10-21-51(50)53/h1-37H. The van der Waals surface area contributed by atoms with Crippen LogP contribution in [0.3, 0.4) is 0 Å². The lowest BCUT2D eigenvalue weighted by Crippen LogP contribution is -2.10. The van der Waals surface area contributed by atoms with E-state index < -0.39 is 0 Å². The Bertz CT molecular complexity index is 2850. The van der Waals surface area contributed by atoms with Gasteiger partial charge < -0.3 is 4.90 Å². The molecular weight excluding hydrogens is 663 g/mol. The predicted octanol–water partition coefficient (Wildman–Crippen LogP) is 15.3. The summed E-state index contributed by atoms with van der Waals surface area (Å²) in [7, 11) is 0. The van der Waals surface area contributed by atoms with Gasteiger partial charge in [-0.2, -0.15) is 0 Å². The molecule has 0 N–H and O–H groups in total. The molecule has 10 aromatic rings. The number of benzene rings is 10. The SMILES string of the molecule is c1ccc(-c2ccc(N(c3ccc(-c4ccccc4)cc3)c3cccc(-c4ccc(-c5cc6c7ccccc7ccc6c6ccccc56)cc4)c3)cc2)cc1. The van der Waals surface area contributed by atoms with Crippen LogP contribution in [0, 0.1) is 0 Å². The Morgan fingerprint density at radius 1 is 0.218 bits per heavy atom. The van der Waals surface area contributed by atoms with Gasteiger partial charge >= 0.3 is 0 Å². The smallest absolute Gasteiger partial charge is 0.0467 e. The lowest BCUT2D eigenvalue weighted by molar-refractivity contribution is 1.28. The van der Waals surface area contributed by atoms with Crippen molar-refractivity contribution in [2.45, 2.75) is 0 Å². The van der Waals surface area contributed by atoms with Gasteiger partial charge in [-0.3, -0.25) is 0 Å². The molecule has 0 spiro atoms. The second-order valence-corrected chi connectivity index (χ2v) is 14.1. The minimum absolute atomic E-state index is 1.11. The van der Waals surface area contributed by atoms with E-state index in [1.165, 1.54) is 76.8 Å². The lowest BCUT2D eigenvalue weighted by atomic mass is 9.90. The zero-order valence-electron chi connectivity index (χ0n) is 30.3. The van der Waals surface area contributed by atoms with Gasteiger partial charge in [-0.15, -0.1) is 0 Å². The molecule has 0 bridgehead atoms. The Hall–Kier alpha value is -7.22. The minimum Gasteiger partial charge on any atom is -0.310 e. The summed E-state index contributed by atoms with van der Waals surface area (Å²) in [4.78, 5) is 2.35. The topological polar surface area (TPSA) is 3.24 Å². The van der Waals surface area contributed by atoms with Crippen molar-refractivity contribution in [3.8, 4) is 44.5 Å². The maximum atomic E-state index is 2.39. The first-order valence-electron chi connectivity index (χ1n) is 18.9. The third-order valence-corrected chi connectivity index (χ3v) is 10.9. The molecule has 10 rings (SSSR count). The van der Waals surface area contributed by atoms with Crippen molar-refractivity contribution in [1.82, 2.24) is 0 Å². The van der Waals surface area contributed by atoms with E-state index in [2.05, 4.69) is 229 Å². The van der Waals surface area contributed by atoms with Crippen LogP contribution in [0.1, 0.15) is 0 Å².